The Morgan fingerprint density at radius 3 is 2.76 bits per heavy atom. The number of benzene rings is 1. The van der Waals surface area contributed by atoms with E-state index in [2.05, 4.69) is 31.7 Å². The van der Waals surface area contributed by atoms with Gasteiger partial charge in [0.25, 0.3) is 5.91 Å². The first-order valence-electron chi connectivity index (χ1n) is 6.58. The lowest BCUT2D eigenvalue weighted by atomic mass is 10.1. The molecule has 0 radical (unpaired) electrons. The van der Waals surface area contributed by atoms with Crippen LogP contribution in [0.1, 0.15) is 28.5 Å². The first kappa shape index (κ1) is 15.5. The van der Waals surface area contributed by atoms with Gasteiger partial charge in [0.15, 0.2) is 0 Å². The second-order valence-electron chi connectivity index (χ2n) is 4.62. The van der Waals surface area contributed by atoms with Crippen LogP contribution < -0.4 is 16.6 Å². The first-order chi connectivity index (χ1) is 10.0. The van der Waals surface area contributed by atoms with Gasteiger partial charge in [0.2, 0.25) is 0 Å². The van der Waals surface area contributed by atoms with Crippen molar-refractivity contribution in [1.29, 1.82) is 0 Å². The van der Waals surface area contributed by atoms with Gasteiger partial charge in [-0.1, -0.05) is 22.9 Å². The molecule has 1 aromatic heterocycles. The smallest absolute Gasteiger partial charge is 0.259 e. The minimum absolute atomic E-state index is 0.243. The van der Waals surface area contributed by atoms with Crippen LogP contribution in [0.5, 0.6) is 0 Å². The second-order valence-corrected chi connectivity index (χ2v) is 5.54. The van der Waals surface area contributed by atoms with Crippen LogP contribution >= 0.6 is 15.9 Å². The van der Waals surface area contributed by atoms with Gasteiger partial charge >= 0.3 is 0 Å². The van der Waals surface area contributed by atoms with E-state index in [9.17, 15) is 4.79 Å². The minimum atomic E-state index is -0.243. The molecular formula is C15H17BrN4O. The zero-order chi connectivity index (χ0) is 15.4. The molecule has 1 amide bonds. The fraction of sp³-hybridized carbons (Fsp3) is 0.200. The van der Waals surface area contributed by atoms with Crippen molar-refractivity contribution in [3.05, 3.63) is 51.8 Å². The normalized spacial score (nSPS) is 10.3. The SMILES string of the molecule is CCc1cc(Br)ccc1NC(=O)c1cnc(C)cc1NN. The standard InChI is InChI=1S/C15H17BrN4O/c1-3-10-7-11(16)4-5-13(10)19-15(21)12-8-18-9(2)6-14(12)20-17/h4-8H,3,17H2,1-2H3,(H,18,20)(H,19,21). The van der Waals surface area contributed by atoms with Gasteiger partial charge in [-0.05, 0) is 43.2 Å². The largest absolute Gasteiger partial charge is 0.323 e. The zero-order valence-corrected chi connectivity index (χ0v) is 13.5. The number of carbonyl (C=O) groups excluding carboxylic acids is 1. The van der Waals surface area contributed by atoms with Crippen LogP contribution in [0.3, 0.4) is 0 Å². The van der Waals surface area contributed by atoms with Crippen molar-refractivity contribution in [1.82, 2.24) is 4.98 Å². The highest BCUT2D eigenvalue weighted by molar-refractivity contribution is 9.10. The number of aromatic nitrogens is 1. The van der Waals surface area contributed by atoms with Gasteiger partial charge in [0.05, 0.1) is 11.3 Å². The molecule has 0 unspecified atom stereocenters. The zero-order valence-electron chi connectivity index (χ0n) is 11.9. The summed E-state index contributed by atoms with van der Waals surface area (Å²) >= 11 is 3.43. The highest BCUT2D eigenvalue weighted by Crippen LogP contribution is 2.23. The Kier molecular flexibility index (Phi) is 4.93. The molecule has 6 heteroatoms. The average molecular weight is 349 g/mol. The second kappa shape index (κ2) is 6.69. The minimum Gasteiger partial charge on any atom is -0.323 e. The van der Waals surface area contributed by atoms with Gasteiger partial charge in [-0.3, -0.25) is 15.6 Å². The summed E-state index contributed by atoms with van der Waals surface area (Å²) in [6.07, 6.45) is 2.34. The molecule has 0 spiro atoms. The number of anilines is 2. The quantitative estimate of drug-likeness (QED) is 0.585. The van der Waals surface area contributed by atoms with Crippen LogP contribution in [0.4, 0.5) is 11.4 Å². The number of nitrogens with one attached hydrogen (secondary N) is 2. The summed E-state index contributed by atoms with van der Waals surface area (Å²) in [6.45, 7) is 3.88. The number of nitrogens with two attached hydrogens (primary N) is 1. The third kappa shape index (κ3) is 3.59. The number of pyridine rings is 1. The maximum Gasteiger partial charge on any atom is 0.259 e. The van der Waals surface area contributed by atoms with E-state index in [1.54, 1.807) is 6.07 Å². The Morgan fingerprint density at radius 1 is 1.33 bits per heavy atom. The van der Waals surface area contributed by atoms with Gasteiger partial charge in [-0.15, -0.1) is 0 Å². The van der Waals surface area contributed by atoms with Crippen LogP contribution in [0.2, 0.25) is 0 Å². The predicted octanol–water partition coefficient (Wildman–Crippen LogP) is 3.25. The molecule has 5 nitrogen and oxygen atoms in total. The lowest BCUT2D eigenvalue weighted by Crippen LogP contribution is -2.18. The summed E-state index contributed by atoms with van der Waals surface area (Å²) in [6, 6.07) is 7.49. The average Bonchev–Trinajstić information content (AvgIpc) is 2.48. The van der Waals surface area contributed by atoms with E-state index in [1.165, 1.54) is 6.20 Å². The van der Waals surface area contributed by atoms with E-state index >= 15 is 0 Å². The number of amides is 1. The van der Waals surface area contributed by atoms with E-state index < -0.39 is 0 Å². The molecule has 0 bridgehead atoms. The first-order valence-corrected chi connectivity index (χ1v) is 7.37. The van der Waals surface area contributed by atoms with Gasteiger partial charge in [0, 0.05) is 22.1 Å². The highest BCUT2D eigenvalue weighted by Gasteiger charge is 2.13. The number of carbonyl (C=O) groups is 1. The predicted molar refractivity (Wildman–Crippen MR) is 88.3 cm³/mol. The van der Waals surface area contributed by atoms with Gasteiger partial charge < -0.3 is 10.7 Å². The molecule has 0 aliphatic heterocycles. The fourth-order valence-corrected chi connectivity index (χ4v) is 2.44. The van der Waals surface area contributed by atoms with Gasteiger partial charge in [-0.2, -0.15) is 0 Å². The van der Waals surface area contributed by atoms with Crippen molar-refractivity contribution in [2.45, 2.75) is 20.3 Å². The Hall–Kier alpha value is -1.92. The summed E-state index contributed by atoms with van der Waals surface area (Å²) in [5, 5.41) is 2.90. The van der Waals surface area contributed by atoms with Crippen molar-refractivity contribution < 1.29 is 4.79 Å². The molecule has 2 aromatic rings. The van der Waals surface area contributed by atoms with E-state index in [0.717, 1.165) is 27.8 Å². The number of nitrogens with zero attached hydrogens (tertiary/aromatic N) is 1. The topological polar surface area (TPSA) is 80.0 Å². The highest BCUT2D eigenvalue weighted by atomic mass is 79.9. The Balaban J connectivity index is 2.30. The monoisotopic (exact) mass is 348 g/mol. The fourth-order valence-electron chi connectivity index (χ4n) is 2.03. The molecule has 1 heterocycles. The number of aryl methyl sites for hydroxylation is 2. The van der Waals surface area contributed by atoms with Crippen LogP contribution in [0.15, 0.2) is 34.9 Å². The van der Waals surface area contributed by atoms with Crippen molar-refractivity contribution in [2.75, 3.05) is 10.7 Å². The van der Waals surface area contributed by atoms with E-state index in [0.29, 0.717) is 11.3 Å². The number of nitrogen functional groups attached to an aromatic ring is 1. The molecule has 4 N–H and O–H groups in total. The van der Waals surface area contributed by atoms with E-state index in [-0.39, 0.29) is 5.91 Å². The summed E-state index contributed by atoms with van der Waals surface area (Å²) in [7, 11) is 0. The number of hydrazine groups is 1. The molecule has 0 aliphatic rings. The summed E-state index contributed by atoms with van der Waals surface area (Å²) in [4.78, 5) is 16.5. The Morgan fingerprint density at radius 2 is 2.10 bits per heavy atom. The number of hydrogen-bond acceptors (Lipinski definition) is 4. The maximum atomic E-state index is 12.4. The van der Waals surface area contributed by atoms with Crippen molar-refractivity contribution in [3.8, 4) is 0 Å². The lowest BCUT2D eigenvalue weighted by Gasteiger charge is -2.13. The maximum absolute atomic E-state index is 12.4. The molecule has 21 heavy (non-hydrogen) atoms. The Bertz CT molecular complexity index is 673. The molecule has 0 atom stereocenters. The molecule has 1 aromatic carbocycles. The molecular weight excluding hydrogens is 332 g/mol. The molecule has 2 rings (SSSR count). The lowest BCUT2D eigenvalue weighted by molar-refractivity contribution is 0.102. The number of halogens is 1. The van der Waals surface area contributed by atoms with Crippen LogP contribution in [-0.2, 0) is 6.42 Å². The van der Waals surface area contributed by atoms with E-state index in [1.807, 2.05) is 32.0 Å². The van der Waals surface area contributed by atoms with Crippen molar-refractivity contribution in [2.24, 2.45) is 5.84 Å². The van der Waals surface area contributed by atoms with E-state index in [4.69, 9.17) is 5.84 Å². The molecule has 110 valence electrons. The summed E-state index contributed by atoms with van der Waals surface area (Å²) in [5.74, 6) is 5.22. The molecule has 0 fully saturated rings. The number of hydrogen-bond donors (Lipinski definition) is 3. The Labute approximate surface area is 132 Å². The molecule has 0 saturated heterocycles. The van der Waals surface area contributed by atoms with Crippen LogP contribution in [-0.4, -0.2) is 10.9 Å². The third-order valence-electron chi connectivity index (χ3n) is 3.14. The van der Waals surface area contributed by atoms with Crippen LogP contribution in [0.25, 0.3) is 0 Å². The number of rotatable bonds is 4. The summed E-state index contributed by atoms with van der Waals surface area (Å²) in [5.41, 5.74) is 6.12. The summed E-state index contributed by atoms with van der Waals surface area (Å²) < 4.78 is 0.985. The van der Waals surface area contributed by atoms with Crippen molar-refractivity contribution >= 4 is 33.2 Å². The molecule has 0 saturated carbocycles. The van der Waals surface area contributed by atoms with Crippen molar-refractivity contribution in [3.63, 3.8) is 0 Å². The molecule has 0 aliphatic carbocycles. The van der Waals surface area contributed by atoms with Gasteiger partial charge in [-0.25, -0.2) is 0 Å². The van der Waals surface area contributed by atoms with Gasteiger partial charge in [0.1, 0.15) is 0 Å². The van der Waals surface area contributed by atoms with Crippen LogP contribution in [0, 0.1) is 6.92 Å². The third-order valence-corrected chi connectivity index (χ3v) is 3.63.